The standard InChI is InChI=1S/C29H32O6/c1-21-26(31-18-23-12-6-3-7-13-23)27(32-19-24-14-8-4-9-15-24)28(29(34-21)35-22(2)30)33-20-25-16-10-5-11-17-25/h3-17,21,26-29H,18-20H2,1-2H3/t21-,26-,27+,28+,29+/m0/s1. The number of benzene rings is 3. The van der Waals surface area contributed by atoms with Crippen molar-refractivity contribution in [2.45, 2.75) is 64.4 Å². The molecule has 0 aliphatic carbocycles. The Kier molecular flexibility index (Phi) is 9.03. The second kappa shape index (κ2) is 12.6. The van der Waals surface area contributed by atoms with Crippen LogP contribution in [0.4, 0.5) is 0 Å². The van der Waals surface area contributed by atoms with Crippen LogP contribution in [0, 0.1) is 0 Å². The average molecular weight is 477 g/mol. The monoisotopic (exact) mass is 476 g/mol. The molecule has 184 valence electrons. The van der Waals surface area contributed by atoms with Gasteiger partial charge in [0.05, 0.1) is 25.9 Å². The summed E-state index contributed by atoms with van der Waals surface area (Å²) in [6.45, 7) is 4.34. The zero-order valence-corrected chi connectivity index (χ0v) is 20.1. The smallest absolute Gasteiger partial charge is 0.305 e. The van der Waals surface area contributed by atoms with Crippen LogP contribution in [0.1, 0.15) is 30.5 Å². The summed E-state index contributed by atoms with van der Waals surface area (Å²) in [5.74, 6) is -0.444. The predicted octanol–water partition coefficient (Wildman–Crippen LogP) is 5.05. The Labute approximate surface area is 206 Å². The molecule has 5 atom stereocenters. The summed E-state index contributed by atoms with van der Waals surface area (Å²) in [6, 6.07) is 29.7. The van der Waals surface area contributed by atoms with Gasteiger partial charge in [0.2, 0.25) is 6.29 Å². The minimum atomic E-state index is -0.913. The first-order valence-electron chi connectivity index (χ1n) is 11.9. The summed E-state index contributed by atoms with van der Waals surface area (Å²) >= 11 is 0. The van der Waals surface area contributed by atoms with Crippen LogP contribution in [-0.2, 0) is 48.3 Å². The highest BCUT2D eigenvalue weighted by molar-refractivity contribution is 5.66. The summed E-state index contributed by atoms with van der Waals surface area (Å²) in [5, 5.41) is 0. The Hall–Kier alpha value is -3.03. The van der Waals surface area contributed by atoms with E-state index in [2.05, 4.69) is 0 Å². The van der Waals surface area contributed by atoms with Crippen LogP contribution in [0.5, 0.6) is 0 Å². The highest BCUT2D eigenvalue weighted by atomic mass is 16.7. The van der Waals surface area contributed by atoms with Gasteiger partial charge in [-0.2, -0.15) is 0 Å². The normalized spacial score (nSPS) is 24.1. The molecule has 1 fully saturated rings. The van der Waals surface area contributed by atoms with Gasteiger partial charge in [-0.25, -0.2) is 0 Å². The lowest BCUT2D eigenvalue weighted by Gasteiger charge is -2.44. The Morgan fingerprint density at radius 3 is 1.49 bits per heavy atom. The van der Waals surface area contributed by atoms with E-state index in [0.717, 1.165) is 16.7 Å². The molecule has 1 aliphatic rings. The molecule has 4 rings (SSSR count). The van der Waals surface area contributed by atoms with E-state index >= 15 is 0 Å². The van der Waals surface area contributed by atoms with Crippen molar-refractivity contribution in [3.8, 4) is 0 Å². The van der Waals surface area contributed by atoms with Gasteiger partial charge < -0.3 is 23.7 Å². The average Bonchev–Trinajstić information content (AvgIpc) is 2.88. The molecule has 0 radical (unpaired) electrons. The molecule has 1 aliphatic heterocycles. The molecule has 0 bridgehead atoms. The molecule has 0 N–H and O–H groups in total. The van der Waals surface area contributed by atoms with Crippen molar-refractivity contribution >= 4 is 5.97 Å². The van der Waals surface area contributed by atoms with Gasteiger partial charge in [-0.15, -0.1) is 0 Å². The van der Waals surface area contributed by atoms with Gasteiger partial charge in [0, 0.05) is 6.92 Å². The third-order valence-corrected chi connectivity index (χ3v) is 5.87. The minimum Gasteiger partial charge on any atom is -0.433 e. The first-order chi connectivity index (χ1) is 17.1. The molecule has 1 heterocycles. The summed E-state index contributed by atoms with van der Waals surface area (Å²) < 4.78 is 30.7. The second-order valence-corrected chi connectivity index (χ2v) is 8.60. The molecule has 0 aromatic heterocycles. The van der Waals surface area contributed by atoms with Crippen molar-refractivity contribution in [1.82, 2.24) is 0 Å². The molecule has 1 saturated heterocycles. The Morgan fingerprint density at radius 1 is 0.657 bits per heavy atom. The number of carbonyl (C=O) groups excluding carboxylic acids is 1. The van der Waals surface area contributed by atoms with E-state index in [-0.39, 0.29) is 6.10 Å². The highest BCUT2D eigenvalue weighted by Crippen LogP contribution is 2.31. The first-order valence-corrected chi connectivity index (χ1v) is 11.9. The van der Waals surface area contributed by atoms with Gasteiger partial charge in [0.15, 0.2) is 0 Å². The van der Waals surface area contributed by atoms with Crippen LogP contribution in [0.15, 0.2) is 91.0 Å². The molecule has 0 spiro atoms. The summed E-state index contributed by atoms with van der Waals surface area (Å²) in [5.41, 5.74) is 3.07. The fourth-order valence-electron chi connectivity index (χ4n) is 4.13. The molecule has 6 heteroatoms. The number of hydrogen-bond acceptors (Lipinski definition) is 6. The minimum absolute atomic E-state index is 0.317. The topological polar surface area (TPSA) is 63.2 Å². The maximum absolute atomic E-state index is 11.9. The molecular formula is C29H32O6. The van der Waals surface area contributed by atoms with Gasteiger partial charge in [-0.3, -0.25) is 4.79 Å². The lowest BCUT2D eigenvalue weighted by Crippen LogP contribution is -2.60. The van der Waals surface area contributed by atoms with Gasteiger partial charge in [0.25, 0.3) is 0 Å². The largest absolute Gasteiger partial charge is 0.433 e. The van der Waals surface area contributed by atoms with Crippen LogP contribution >= 0.6 is 0 Å². The number of carbonyl (C=O) groups is 1. The zero-order chi connectivity index (χ0) is 24.5. The van der Waals surface area contributed by atoms with Crippen LogP contribution < -0.4 is 0 Å². The highest BCUT2D eigenvalue weighted by Gasteiger charge is 2.48. The van der Waals surface area contributed by atoms with E-state index in [0.29, 0.717) is 19.8 Å². The molecule has 3 aromatic carbocycles. The van der Waals surface area contributed by atoms with E-state index < -0.39 is 30.6 Å². The molecular weight excluding hydrogens is 444 g/mol. The number of hydrogen-bond donors (Lipinski definition) is 0. The molecule has 0 amide bonds. The quantitative estimate of drug-likeness (QED) is 0.382. The van der Waals surface area contributed by atoms with E-state index in [1.54, 1.807) is 0 Å². The van der Waals surface area contributed by atoms with Gasteiger partial charge >= 0.3 is 5.97 Å². The van der Waals surface area contributed by atoms with Crippen LogP contribution in [0.25, 0.3) is 0 Å². The third kappa shape index (κ3) is 7.23. The SMILES string of the molecule is CC(=O)O[C@H]1O[C@@H](C)[C@H](OCc2ccccc2)[C@@H](OCc2ccccc2)[C@H]1OCc1ccccc1. The van der Waals surface area contributed by atoms with Crippen molar-refractivity contribution in [3.05, 3.63) is 108 Å². The number of rotatable bonds is 10. The molecule has 0 saturated carbocycles. The fraction of sp³-hybridized carbons (Fsp3) is 0.345. The van der Waals surface area contributed by atoms with Crippen LogP contribution in [-0.4, -0.2) is 36.7 Å². The van der Waals surface area contributed by atoms with Gasteiger partial charge in [-0.05, 0) is 23.6 Å². The third-order valence-electron chi connectivity index (χ3n) is 5.87. The van der Waals surface area contributed by atoms with Gasteiger partial charge in [0.1, 0.15) is 18.3 Å². The van der Waals surface area contributed by atoms with Crippen molar-refractivity contribution in [1.29, 1.82) is 0 Å². The Bertz CT molecular complexity index is 1030. The van der Waals surface area contributed by atoms with Crippen molar-refractivity contribution in [3.63, 3.8) is 0 Å². The summed E-state index contributed by atoms with van der Waals surface area (Å²) in [6.07, 6.45) is -2.95. The number of ether oxygens (including phenoxy) is 5. The first kappa shape index (κ1) is 25.1. The van der Waals surface area contributed by atoms with Crippen molar-refractivity contribution < 1.29 is 28.5 Å². The van der Waals surface area contributed by atoms with Crippen molar-refractivity contribution in [2.75, 3.05) is 0 Å². The van der Waals surface area contributed by atoms with Crippen LogP contribution in [0.2, 0.25) is 0 Å². The maximum Gasteiger partial charge on any atom is 0.305 e. The second-order valence-electron chi connectivity index (χ2n) is 8.60. The molecule has 0 unspecified atom stereocenters. The van der Waals surface area contributed by atoms with E-state index in [1.165, 1.54) is 6.92 Å². The lowest BCUT2D eigenvalue weighted by molar-refractivity contribution is -0.311. The Balaban J connectivity index is 1.57. The maximum atomic E-state index is 11.9. The predicted molar refractivity (Wildman–Crippen MR) is 131 cm³/mol. The Morgan fingerprint density at radius 2 is 1.06 bits per heavy atom. The number of esters is 1. The van der Waals surface area contributed by atoms with Crippen LogP contribution in [0.3, 0.4) is 0 Å². The zero-order valence-electron chi connectivity index (χ0n) is 20.1. The molecule has 6 nitrogen and oxygen atoms in total. The van der Waals surface area contributed by atoms with Crippen molar-refractivity contribution in [2.24, 2.45) is 0 Å². The van der Waals surface area contributed by atoms with Gasteiger partial charge in [-0.1, -0.05) is 91.0 Å². The van der Waals surface area contributed by atoms with E-state index in [4.69, 9.17) is 23.7 Å². The lowest BCUT2D eigenvalue weighted by atomic mass is 9.98. The molecule has 3 aromatic rings. The van der Waals surface area contributed by atoms with E-state index in [1.807, 2.05) is 97.9 Å². The summed E-state index contributed by atoms with van der Waals surface area (Å²) in [4.78, 5) is 11.9. The molecule has 35 heavy (non-hydrogen) atoms. The summed E-state index contributed by atoms with van der Waals surface area (Å²) in [7, 11) is 0. The fourth-order valence-corrected chi connectivity index (χ4v) is 4.13. The van der Waals surface area contributed by atoms with E-state index in [9.17, 15) is 4.79 Å².